The minimum atomic E-state index is -0.265. The number of hydrogen-bond acceptors (Lipinski definition) is 7. The third kappa shape index (κ3) is 5.52. The number of carbonyl (C=O) groups excluding carboxylic acids is 1. The zero-order chi connectivity index (χ0) is 21.6. The van der Waals surface area contributed by atoms with E-state index >= 15 is 0 Å². The van der Waals surface area contributed by atoms with Crippen molar-refractivity contribution in [3.05, 3.63) is 76.9 Å². The first-order chi connectivity index (χ1) is 15.1. The van der Waals surface area contributed by atoms with Gasteiger partial charge >= 0.3 is 0 Å². The van der Waals surface area contributed by atoms with E-state index in [1.165, 1.54) is 23.5 Å². The average molecular weight is 438 g/mol. The number of benzene rings is 2. The number of thiazole rings is 1. The Bertz CT molecular complexity index is 1160. The molecule has 0 aliphatic heterocycles. The first kappa shape index (κ1) is 20.7. The summed E-state index contributed by atoms with van der Waals surface area (Å²) in [7, 11) is 1.60. The van der Waals surface area contributed by atoms with Crippen LogP contribution >= 0.6 is 11.3 Å². The van der Waals surface area contributed by atoms with E-state index in [2.05, 4.69) is 20.4 Å². The summed E-state index contributed by atoms with van der Waals surface area (Å²) in [5.41, 5.74) is 1.78. The smallest absolute Gasteiger partial charge is 0.227 e. The fourth-order valence-corrected chi connectivity index (χ4v) is 3.73. The summed E-state index contributed by atoms with van der Waals surface area (Å²) >= 11 is 1.39. The molecule has 0 unspecified atom stereocenters. The minimum absolute atomic E-state index is 0.188. The average Bonchev–Trinajstić information content (AvgIpc) is 3.44. The molecule has 9 heteroatoms. The van der Waals surface area contributed by atoms with Crippen LogP contribution in [0.1, 0.15) is 22.8 Å². The minimum Gasteiger partial charge on any atom is -0.497 e. The van der Waals surface area contributed by atoms with Gasteiger partial charge in [-0.25, -0.2) is 9.37 Å². The molecule has 0 aliphatic rings. The summed E-state index contributed by atoms with van der Waals surface area (Å²) < 4.78 is 23.4. The molecule has 0 fully saturated rings. The third-order valence-corrected chi connectivity index (χ3v) is 5.39. The molecule has 2 aromatic carbocycles. The maximum Gasteiger partial charge on any atom is 0.227 e. The quantitative estimate of drug-likeness (QED) is 0.436. The summed E-state index contributed by atoms with van der Waals surface area (Å²) in [4.78, 5) is 21.8. The zero-order valence-electron chi connectivity index (χ0n) is 16.7. The molecular formula is C22H19FN4O3S. The van der Waals surface area contributed by atoms with Crippen molar-refractivity contribution in [2.75, 3.05) is 12.4 Å². The lowest BCUT2D eigenvalue weighted by atomic mass is 10.1. The number of ether oxygens (including phenoxy) is 1. The van der Waals surface area contributed by atoms with Crippen LogP contribution in [0.15, 0.2) is 59.3 Å². The molecule has 0 bridgehead atoms. The van der Waals surface area contributed by atoms with Gasteiger partial charge in [0.25, 0.3) is 0 Å². The molecule has 0 atom stereocenters. The van der Waals surface area contributed by atoms with Crippen LogP contribution in [0.25, 0.3) is 11.4 Å². The second-order valence-corrected chi connectivity index (χ2v) is 7.84. The van der Waals surface area contributed by atoms with Crippen LogP contribution in [-0.2, 0) is 17.6 Å². The predicted molar refractivity (Wildman–Crippen MR) is 115 cm³/mol. The number of anilines is 1. The predicted octanol–water partition coefficient (Wildman–Crippen LogP) is 4.50. The lowest BCUT2D eigenvalue weighted by molar-refractivity contribution is -0.116. The number of aromatic nitrogens is 3. The molecule has 0 aliphatic carbocycles. The topological polar surface area (TPSA) is 90.1 Å². The first-order valence-electron chi connectivity index (χ1n) is 9.55. The van der Waals surface area contributed by atoms with Gasteiger partial charge in [0.1, 0.15) is 11.6 Å². The van der Waals surface area contributed by atoms with Crippen LogP contribution < -0.4 is 10.1 Å². The summed E-state index contributed by atoms with van der Waals surface area (Å²) in [5, 5.41) is 7.26. The Morgan fingerprint density at radius 1 is 1.16 bits per heavy atom. The number of methoxy groups -OCH3 is 1. The number of hydrogen-bond donors (Lipinski definition) is 1. The Balaban J connectivity index is 1.28. The van der Waals surface area contributed by atoms with E-state index in [0.717, 1.165) is 21.8 Å². The maximum absolute atomic E-state index is 13.0. The molecule has 1 amide bonds. The molecular weight excluding hydrogens is 419 g/mol. The van der Waals surface area contributed by atoms with Gasteiger partial charge in [0.15, 0.2) is 5.13 Å². The van der Waals surface area contributed by atoms with Gasteiger partial charge in [-0.1, -0.05) is 17.3 Å². The highest BCUT2D eigenvalue weighted by Crippen LogP contribution is 2.22. The molecule has 31 heavy (non-hydrogen) atoms. The van der Waals surface area contributed by atoms with E-state index in [4.69, 9.17) is 9.26 Å². The van der Waals surface area contributed by atoms with Crippen molar-refractivity contribution in [1.82, 2.24) is 15.1 Å². The molecule has 7 nitrogen and oxygen atoms in total. The van der Waals surface area contributed by atoms with Crippen molar-refractivity contribution in [2.24, 2.45) is 0 Å². The van der Waals surface area contributed by atoms with Crippen LogP contribution in [0.5, 0.6) is 5.75 Å². The van der Waals surface area contributed by atoms with Crippen molar-refractivity contribution in [3.8, 4) is 17.1 Å². The molecule has 2 heterocycles. The largest absolute Gasteiger partial charge is 0.497 e. The highest BCUT2D eigenvalue weighted by Gasteiger charge is 2.12. The van der Waals surface area contributed by atoms with Crippen molar-refractivity contribution in [3.63, 3.8) is 0 Å². The Morgan fingerprint density at radius 3 is 2.68 bits per heavy atom. The van der Waals surface area contributed by atoms with Gasteiger partial charge in [0, 0.05) is 35.9 Å². The first-order valence-corrected chi connectivity index (χ1v) is 10.4. The second-order valence-electron chi connectivity index (χ2n) is 6.72. The van der Waals surface area contributed by atoms with Gasteiger partial charge in [0.2, 0.25) is 17.6 Å². The molecule has 4 rings (SSSR count). The van der Waals surface area contributed by atoms with E-state index in [9.17, 15) is 9.18 Å². The Hall–Kier alpha value is -3.59. The van der Waals surface area contributed by atoms with Crippen LogP contribution in [0.3, 0.4) is 0 Å². The third-order valence-electron chi connectivity index (χ3n) is 4.47. The highest BCUT2D eigenvalue weighted by atomic mass is 32.1. The summed E-state index contributed by atoms with van der Waals surface area (Å²) in [5.74, 6) is 1.14. The van der Waals surface area contributed by atoms with E-state index < -0.39 is 0 Å². The van der Waals surface area contributed by atoms with Gasteiger partial charge in [-0.15, -0.1) is 11.3 Å². The standard InChI is InChI=1S/C22H19FN4O3S/c1-29-17-8-4-15(5-9-17)21-26-20(30-27-21)11-10-19(28)25-22-24-13-18(31-22)12-14-2-6-16(23)7-3-14/h2-9,13H,10-12H2,1H3,(H,24,25,28). The van der Waals surface area contributed by atoms with Crippen LogP contribution in [0.4, 0.5) is 9.52 Å². The van der Waals surface area contributed by atoms with Crippen LogP contribution in [0, 0.1) is 5.82 Å². The lowest BCUT2D eigenvalue weighted by Crippen LogP contribution is -2.12. The fraction of sp³-hybridized carbons (Fsp3) is 0.182. The maximum atomic E-state index is 13.0. The number of halogens is 1. The SMILES string of the molecule is COc1ccc(-c2noc(CCC(=O)Nc3ncc(Cc4ccc(F)cc4)s3)n2)cc1. The van der Waals surface area contributed by atoms with Crippen molar-refractivity contribution in [2.45, 2.75) is 19.3 Å². The molecule has 4 aromatic rings. The fourth-order valence-electron chi connectivity index (χ4n) is 2.87. The number of carbonyl (C=O) groups is 1. The van der Waals surface area contributed by atoms with E-state index in [-0.39, 0.29) is 18.1 Å². The monoisotopic (exact) mass is 438 g/mol. The molecule has 0 radical (unpaired) electrons. The van der Waals surface area contributed by atoms with Gasteiger partial charge in [0.05, 0.1) is 7.11 Å². The Morgan fingerprint density at radius 2 is 1.94 bits per heavy atom. The molecule has 1 N–H and O–H groups in total. The molecule has 158 valence electrons. The molecule has 0 saturated carbocycles. The molecule has 0 spiro atoms. The van der Waals surface area contributed by atoms with Gasteiger partial charge in [-0.2, -0.15) is 4.98 Å². The molecule has 2 aromatic heterocycles. The number of nitrogens with zero attached hydrogens (tertiary/aromatic N) is 3. The van der Waals surface area contributed by atoms with Crippen LogP contribution in [0.2, 0.25) is 0 Å². The number of nitrogens with one attached hydrogen (secondary N) is 1. The highest BCUT2D eigenvalue weighted by molar-refractivity contribution is 7.15. The Labute approximate surface area is 181 Å². The van der Waals surface area contributed by atoms with Crippen molar-refractivity contribution < 1.29 is 18.4 Å². The lowest BCUT2D eigenvalue weighted by Gasteiger charge is -2.00. The van der Waals surface area contributed by atoms with E-state index in [1.807, 2.05) is 24.3 Å². The number of aryl methyl sites for hydroxylation is 1. The summed E-state index contributed by atoms with van der Waals surface area (Å²) in [6, 6.07) is 13.6. The van der Waals surface area contributed by atoms with Crippen LogP contribution in [-0.4, -0.2) is 28.1 Å². The van der Waals surface area contributed by atoms with Gasteiger partial charge in [-0.3, -0.25) is 4.79 Å². The summed E-state index contributed by atoms with van der Waals surface area (Å²) in [6.07, 6.45) is 2.85. The Kier molecular flexibility index (Phi) is 6.32. The summed E-state index contributed by atoms with van der Waals surface area (Å²) in [6.45, 7) is 0. The van der Waals surface area contributed by atoms with Crippen molar-refractivity contribution >= 4 is 22.4 Å². The van der Waals surface area contributed by atoms with Gasteiger partial charge in [-0.05, 0) is 42.0 Å². The van der Waals surface area contributed by atoms with Gasteiger partial charge < -0.3 is 14.6 Å². The molecule has 0 saturated heterocycles. The normalized spacial score (nSPS) is 10.8. The second kappa shape index (κ2) is 9.48. The van der Waals surface area contributed by atoms with E-state index in [1.54, 1.807) is 25.4 Å². The van der Waals surface area contributed by atoms with E-state index in [0.29, 0.717) is 29.7 Å². The number of amides is 1. The zero-order valence-corrected chi connectivity index (χ0v) is 17.5. The van der Waals surface area contributed by atoms with Crippen molar-refractivity contribution in [1.29, 1.82) is 0 Å². The number of rotatable bonds is 8.